The number of fused-ring (bicyclic) bond motifs is 2. The number of carbonyl (C=O) groups is 1. The van der Waals surface area contributed by atoms with Gasteiger partial charge in [-0.05, 0) is 18.2 Å². The maximum atomic E-state index is 11.9. The van der Waals surface area contributed by atoms with Gasteiger partial charge in [0.2, 0.25) is 14.4 Å². The van der Waals surface area contributed by atoms with Gasteiger partial charge in [-0.15, -0.1) is 0 Å². The number of likely N-dealkylation sites (N-methyl/N-ethyl adjacent to an activating group) is 1. The molecule has 0 saturated carbocycles. The number of primary sulfonamides is 1. The van der Waals surface area contributed by atoms with E-state index < -0.39 is 25.5 Å². The van der Waals surface area contributed by atoms with Crippen LogP contribution >= 0.6 is 23.2 Å². The summed E-state index contributed by atoms with van der Waals surface area (Å²) < 4.78 is 21.9. The number of amides is 1. The third-order valence-electron chi connectivity index (χ3n) is 3.81. The van der Waals surface area contributed by atoms with Crippen LogP contribution in [0.4, 0.5) is 0 Å². The van der Waals surface area contributed by atoms with E-state index in [0.29, 0.717) is 29.9 Å². The molecule has 114 valence electrons. The number of hydrogen-bond donors (Lipinski definition) is 2. The summed E-state index contributed by atoms with van der Waals surface area (Å²) in [5, 5.41) is 6.92. The normalized spacial score (nSPS) is 28.6. The zero-order valence-corrected chi connectivity index (χ0v) is 13.4. The second kappa shape index (κ2) is 4.57. The molecule has 0 aromatic rings. The highest BCUT2D eigenvalue weighted by Crippen LogP contribution is 2.46. The molecule has 0 aromatic heterocycles. The van der Waals surface area contributed by atoms with Gasteiger partial charge < -0.3 is 5.32 Å². The Morgan fingerprint density at radius 3 is 2.76 bits per heavy atom. The zero-order chi connectivity index (χ0) is 15.6. The number of alkyl halides is 2. The molecule has 1 fully saturated rings. The highest BCUT2D eigenvalue weighted by Gasteiger charge is 2.51. The smallest absolute Gasteiger partial charge is 0.265 e. The van der Waals surface area contributed by atoms with E-state index in [2.05, 4.69) is 5.32 Å². The van der Waals surface area contributed by atoms with Gasteiger partial charge in [-0.1, -0.05) is 35.4 Å². The number of hydrogen-bond acceptors (Lipinski definition) is 4. The van der Waals surface area contributed by atoms with Gasteiger partial charge >= 0.3 is 0 Å². The molecule has 0 aromatic carbocycles. The van der Waals surface area contributed by atoms with Crippen molar-refractivity contribution in [3.63, 3.8) is 0 Å². The molecule has 1 aliphatic carbocycles. The third-order valence-corrected chi connectivity index (χ3v) is 5.66. The number of halogens is 2. The summed E-state index contributed by atoms with van der Waals surface area (Å²) in [7, 11) is -1.99. The predicted octanol–water partition coefficient (Wildman–Crippen LogP) is 0.0131. The highest BCUT2D eigenvalue weighted by atomic mass is 35.5. The van der Waals surface area contributed by atoms with Crippen LogP contribution in [0.15, 0.2) is 34.6 Å². The average Bonchev–Trinajstić information content (AvgIpc) is 2.59. The van der Waals surface area contributed by atoms with Crippen molar-refractivity contribution in [3.05, 3.63) is 34.6 Å². The number of carbonyl (C=O) groups excluding carboxylic acids is 1. The summed E-state index contributed by atoms with van der Waals surface area (Å²) in [4.78, 5) is 13.9. The Morgan fingerprint density at radius 1 is 1.48 bits per heavy atom. The first-order chi connectivity index (χ1) is 9.62. The number of nitrogens with one attached hydrogen (secondary N) is 1. The first kappa shape index (κ1) is 15.1. The lowest BCUT2D eigenvalue weighted by molar-refractivity contribution is -0.119. The summed E-state index contributed by atoms with van der Waals surface area (Å²) in [5.41, 5.74) is 2.03. The standard InChI is InChI=1S/C12H13Cl2N3O3S/c1-17-3-2-6-7(5-17)10-8(4-9(6)21(15,19)20)12(13,14)11(18)16-10/h2,4,9H,3,5H2,1H3,(H,16,18)(H2,15,19,20). The minimum absolute atomic E-state index is 0.261. The molecule has 3 aliphatic rings. The monoisotopic (exact) mass is 349 g/mol. The molecule has 0 spiro atoms. The van der Waals surface area contributed by atoms with Crippen molar-refractivity contribution in [2.45, 2.75) is 9.58 Å². The maximum Gasteiger partial charge on any atom is 0.265 e. The fraction of sp³-hybridized carbons (Fsp3) is 0.417. The number of nitrogens with two attached hydrogens (primary N) is 1. The van der Waals surface area contributed by atoms with Crippen molar-refractivity contribution in [1.82, 2.24) is 10.2 Å². The minimum Gasteiger partial charge on any atom is -0.322 e. The average molecular weight is 350 g/mol. The van der Waals surface area contributed by atoms with Crippen LogP contribution in [0.5, 0.6) is 0 Å². The molecule has 1 amide bonds. The Kier molecular flexibility index (Phi) is 3.27. The Bertz CT molecular complexity index is 737. The Balaban J connectivity index is 2.26. The van der Waals surface area contributed by atoms with Crippen LogP contribution < -0.4 is 10.5 Å². The van der Waals surface area contributed by atoms with E-state index in [1.165, 1.54) is 6.08 Å². The summed E-state index contributed by atoms with van der Waals surface area (Å²) in [6, 6.07) is 0. The van der Waals surface area contributed by atoms with Crippen LogP contribution in [-0.4, -0.2) is 48.9 Å². The van der Waals surface area contributed by atoms with Crippen LogP contribution in [0, 0.1) is 0 Å². The van der Waals surface area contributed by atoms with Crippen LogP contribution in [0.1, 0.15) is 0 Å². The van der Waals surface area contributed by atoms with E-state index in [1.807, 2.05) is 11.9 Å². The number of allylic oxidation sites excluding steroid dienone is 1. The summed E-state index contributed by atoms with van der Waals surface area (Å²) in [6.07, 6.45) is 3.16. The highest BCUT2D eigenvalue weighted by molar-refractivity contribution is 7.90. The molecule has 21 heavy (non-hydrogen) atoms. The van der Waals surface area contributed by atoms with Crippen LogP contribution in [0.3, 0.4) is 0 Å². The summed E-state index contributed by atoms with van der Waals surface area (Å²) in [6.45, 7) is 1.08. The largest absolute Gasteiger partial charge is 0.322 e. The fourth-order valence-electron chi connectivity index (χ4n) is 2.79. The van der Waals surface area contributed by atoms with Gasteiger partial charge in [-0.3, -0.25) is 9.69 Å². The number of nitrogens with zero attached hydrogens (tertiary/aromatic N) is 1. The molecule has 3 rings (SSSR count). The van der Waals surface area contributed by atoms with Crippen molar-refractivity contribution in [2.75, 3.05) is 20.1 Å². The lowest BCUT2D eigenvalue weighted by Crippen LogP contribution is -2.38. The topological polar surface area (TPSA) is 92.5 Å². The minimum atomic E-state index is -3.87. The van der Waals surface area contributed by atoms with Gasteiger partial charge in [0.15, 0.2) is 0 Å². The first-order valence-electron chi connectivity index (χ1n) is 6.18. The molecule has 1 atom stereocenters. The lowest BCUT2D eigenvalue weighted by Gasteiger charge is -2.32. The van der Waals surface area contributed by atoms with E-state index in [9.17, 15) is 13.2 Å². The Morgan fingerprint density at radius 2 is 2.14 bits per heavy atom. The number of rotatable bonds is 1. The van der Waals surface area contributed by atoms with Gasteiger partial charge in [-0.2, -0.15) is 0 Å². The summed E-state index contributed by atoms with van der Waals surface area (Å²) >= 11 is 12.1. The molecule has 1 saturated heterocycles. The Hall–Kier alpha value is -0.860. The van der Waals surface area contributed by atoms with Crippen molar-refractivity contribution in [1.29, 1.82) is 0 Å². The molecular weight excluding hydrogens is 337 g/mol. The molecule has 3 N–H and O–H groups in total. The third kappa shape index (κ3) is 2.24. The zero-order valence-electron chi connectivity index (χ0n) is 11.1. The van der Waals surface area contributed by atoms with Gasteiger partial charge in [0, 0.05) is 18.7 Å². The Labute approximate surface area is 132 Å². The van der Waals surface area contributed by atoms with Gasteiger partial charge in [0.05, 0.1) is 5.70 Å². The van der Waals surface area contributed by atoms with Gasteiger partial charge in [-0.25, -0.2) is 13.6 Å². The van der Waals surface area contributed by atoms with Crippen molar-refractivity contribution in [2.24, 2.45) is 5.14 Å². The van der Waals surface area contributed by atoms with E-state index in [0.717, 1.165) is 0 Å². The van der Waals surface area contributed by atoms with Crippen LogP contribution in [-0.2, 0) is 14.8 Å². The SMILES string of the molecule is CN1CC=C2C(=C3NC(=O)C(Cl)(Cl)C3=CC2S(N)(=O)=O)C1. The second-order valence-corrected chi connectivity index (χ2v) is 8.34. The fourth-order valence-corrected chi connectivity index (χ4v) is 4.12. The molecular formula is C12H13Cl2N3O3S. The molecule has 2 aliphatic heterocycles. The molecule has 2 heterocycles. The van der Waals surface area contributed by atoms with Gasteiger partial charge in [0.25, 0.3) is 5.91 Å². The lowest BCUT2D eigenvalue weighted by atomic mass is 9.88. The molecule has 0 bridgehead atoms. The maximum absolute atomic E-state index is 11.9. The first-order valence-corrected chi connectivity index (χ1v) is 8.54. The second-order valence-electron chi connectivity index (χ2n) is 5.33. The number of sulfonamides is 1. The van der Waals surface area contributed by atoms with Crippen LogP contribution in [0.2, 0.25) is 0 Å². The van der Waals surface area contributed by atoms with Gasteiger partial charge in [0.1, 0.15) is 5.25 Å². The van der Waals surface area contributed by atoms with E-state index >= 15 is 0 Å². The van der Waals surface area contributed by atoms with E-state index in [1.54, 1.807) is 6.08 Å². The van der Waals surface area contributed by atoms with Crippen molar-refractivity contribution >= 4 is 39.1 Å². The van der Waals surface area contributed by atoms with Crippen molar-refractivity contribution < 1.29 is 13.2 Å². The molecule has 9 heteroatoms. The van der Waals surface area contributed by atoms with Crippen molar-refractivity contribution in [3.8, 4) is 0 Å². The van der Waals surface area contributed by atoms with Crippen LogP contribution in [0.25, 0.3) is 0 Å². The van der Waals surface area contributed by atoms with E-state index in [-0.39, 0.29) is 5.57 Å². The predicted molar refractivity (Wildman–Crippen MR) is 80.2 cm³/mol. The quantitative estimate of drug-likeness (QED) is 0.652. The molecule has 1 unspecified atom stereocenters. The van der Waals surface area contributed by atoms with E-state index in [4.69, 9.17) is 28.3 Å². The summed E-state index contributed by atoms with van der Waals surface area (Å²) in [5.74, 6) is -0.581. The molecule has 0 radical (unpaired) electrons. The molecule has 6 nitrogen and oxygen atoms in total.